The van der Waals surface area contributed by atoms with Crippen molar-refractivity contribution in [3.63, 3.8) is 0 Å². The van der Waals surface area contributed by atoms with Crippen LogP contribution in [0.2, 0.25) is 0 Å². The molecule has 2 aromatic heterocycles. The van der Waals surface area contributed by atoms with Gasteiger partial charge in [-0.1, -0.05) is 32.0 Å². The number of methoxy groups -OCH3 is 1. The second-order valence-corrected chi connectivity index (χ2v) is 8.71. The van der Waals surface area contributed by atoms with Crippen LogP contribution in [0.4, 0.5) is 0 Å². The highest BCUT2D eigenvalue weighted by molar-refractivity contribution is 5.94. The monoisotopic (exact) mass is 433 g/mol. The quantitative estimate of drug-likeness (QED) is 0.589. The third kappa shape index (κ3) is 5.16. The van der Waals surface area contributed by atoms with E-state index in [1.54, 1.807) is 19.5 Å². The average molecular weight is 434 g/mol. The summed E-state index contributed by atoms with van der Waals surface area (Å²) in [5, 5.41) is 7.78. The van der Waals surface area contributed by atoms with Crippen molar-refractivity contribution in [2.24, 2.45) is 5.92 Å². The molecule has 0 bridgehead atoms. The molecule has 0 saturated carbocycles. The fraction of sp³-hybridized carbons (Fsp3) is 0.400. The number of rotatable bonds is 8. The Morgan fingerprint density at radius 3 is 2.81 bits per heavy atom. The maximum absolute atomic E-state index is 13.1. The number of amides is 1. The van der Waals surface area contributed by atoms with Crippen molar-refractivity contribution in [3.8, 4) is 5.75 Å². The second-order valence-electron chi connectivity index (χ2n) is 8.71. The minimum atomic E-state index is -0.129. The van der Waals surface area contributed by atoms with E-state index in [1.165, 1.54) is 11.3 Å². The molecule has 1 aromatic carbocycles. The fourth-order valence-electron chi connectivity index (χ4n) is 4.16. The Morgan fingerprint density at radius 1 is 1.22 bits per heavy atom. The van der Waals surface area contributed by atoms with Crippen LogP contribution in [0.5, 0.6) is 5.75 Å². The van der Waals surface area contributed by atoms with Crippen LogP contribution in [-0.4, -0.2) is 39.2 Å². The van der Waals surface area contributed by atoms with Gasteiger partial charge in [0.05, 0.1) is 7.11 Å². The van der Waals surface area contributed by atoms with Crippen LogP contribution in [0, 0.1) is 5.92 Å². The van der Waals surface area contributed by atoms with Crippen molar-refractivity contribution >= 4 is 5.91 Å². The van der Waals surface area contributed by atoms with Crippen molar-refractivity contribution in [1.29, 1.82) is 0 Å². The van der Waals surface area contributed by atoms with Gasteiger partial charge in [0.15, 0.2) is 5.69 Å². The molecule has 4 rings (SSSR count). The molecule has 7 nitrogen and oxygen atoms in total. The molecule has 0 radical (unpaired) electrons. The molecule has 3 heterocycles. The lowest BCUT2D eigenvalue weighted by Crippen LogP contribution is -2.32. The number of ether oxygens (including phenoxy) is 1. The predicted molar refractivity (Wildman–Crippen MR) is 123 cm³/mol. The van der Waals surface area contributed by atoms with Crippen LogP contribution in [0.15, 0.2) is 48.8 Å². The maximum atomic E-state index is 13.1. The summed E-state index contributed by atoms with van der Waals surface area (Å²) < 4.78 is 7.41. The molecule has 0 fully saturated rings. The lowest BCUT2D eigenvalue weighted by Gasteiger charge is -2.28. The second kappa shape index (κ2) is 9.96. The number of aromatic nitrogens is 3. The number of hydrogen-bond acceptors (Lipinski definition) is 5. The molecule has 0 aliphatic carbocycles. The highest BCUT2D eigenvalue weighted by atomic mass is 16.5. The number of hydrogen-bond donors (Lipinski definition) is 1. The third-order valence-corrected chi connectivity index (χ3v) is 5.68. The molecule has 0 unspecified atom stereocenters. The molecule has 0 saturated heterocycles. The van der Waals surface area contributed by atoms with E-state index in [0.717, 1.165) is 42.9 Å². The number of pyridine rings is 1. The lowest BCUT2D eigenvalue weighted by atomic mass is 10.0. The molecule has 32 heavy (non-hydrogen) atoms. The highest BCUT2D eigenvalue weighted by Crippen LogP contribution is 2.25. The Morgan fingerprint density at radius 2 is 2.06 bits per heavy atom. The Labute approximate surface area is 189 Å². The first-order valence-corrected chi connectivity index (χ1v) is 11.1. The summed E-state index contributed by atoms with van der Waals surface area (Å²) in [5.74, 6) is 1.19. The predicted octanol–water partition coefficient (Wildman–Crippen LogP) is 3.43. The van der Waals surface area contributed by atoms with E-state index in [0.29, 0.717) is 24.7 Å². The topological polar surface area (TPSA) is 72.3 Å². The molecule has 3 aromatic rings. The van der Waals surface area contributed by atoms with E-state index >= 15 is 0 Å². The van der Waals surface area contributed by atoms with E-state index < -0.39 is 0 Å². The van der Waals surface area contributed by atoms with Crippen molar-refractivity contribution in [3.05, 3.63) is 76.9 Å². The first kappa shape index (κ1) is 22.0. The van der Waals surface area contributed by atoms with Crippen molar-refractivity contribution < 1.29 is 9.53 Å². The fourth-order valence-corrected chi connectivity index (χ4v) is 4.16. The molecule has 0 spiro atoms. The zero-order valence-electron chi connectivity index (χ0n) is 19.0. The van der Waals surface area contributed by atoms with Gasteiger partial charge in [-0.3, -0.25) is 19.4 Å². The number of carbonyl (C=O) groups excluding carboxylic acids is 1. The summed E-state index contributed by atoms with van der Waals surface area (Å²) in [6.45, 7) is 8.05. The van der Waals surface area contributed by atoms with E-state index in [2.05, 4.69) is 41.2 Å². The van der Waals surface area contributed by atoms with Gasteiger partial charge in [-0.15, -0.1) is 0 Å². The van der Waals surface area contributed by atoms with E-state index in [4.69, 9.17) is 9.84 Å². The van der Waals surface area contributed by atoms with Gasteiger partial charge in [-0.05, 0) is 35.2 Å². The van der Waals surface area contributed by atoms with E-state index in [-0.39, 0.29) is 5.91 Å². The van der Waals surface area contributed by atoms with Crippen molar-refractivity contribution in [2.45, 2.75) is 46.4 Å². The number of nitrogens with one attached hydrogen (secondary N) is 1. The van der Waals surface area contributed by atoms with Gasteiger partial charge in [0.2, 0.25) is 0 Å². The zero-order valence-corrected chi connectivity index (χ0v) is 19.0. The van der Waals surface area contributed by atoms with Crippen LogP contribution in [0.1, 0.15) is 46.7 Å². The summed E-state index contributed by atoms with van der Waals surface area (Å²) in [5.41, 5.74) is 4.94. The molecule has 7 heteroatoms. The van der Waals surface area contributed by atoms with Gasteiger partial charge in [0.25, 0.3) is 5.91 Å². The smallest absolute Gasteiger partial charge is 0.272 e. The third-order valence-electron chi connectivity index (χ3n) is 5.68. The number of nitrogens with zero attached hydrogens (tertiary/aromatic N) is 4. The Kier molecular flexibility index (Phi) is 6.85. The molecule has 0 atom stereocenters. The minimum absolute atomic E-state index is 0.129. The van der Waals surface area contributed by atoms with Crippen LogP contribution >= 0.6 is 0 Å². The van der Waals surface area contributed by atoms with Crippen LogP contribution in [-0.2, 0) is 32.6 Å². The number of carbonyl (C=O) groups is 1. The van der Waals surface area contributed by atoms with Gasteiger partial charge >= 0.3 is 0 Å². The Hall–Kier alpha value is -3.19. The largest absolute Gasteiger partial charge is 0.497 e. The van der Waals surface area contributed by atoms with Gasteiger partial charge < -0.3 is 10.1 Å². The molecule has 1 amide bonds. The van der Waals surface area contributed by atoms with Crippen LogP contribution in [0.3, 0.4) is 0 Å². The van der Waals surface area contributed by atoms with Gasteiger partial charge in [-0.2, -0.15) is 5.10 Å². The lowest BCUT2D eigenvalue weighted by molar-refractivity contribution is 0.0942. The molecular weight excluding hydrogens is 402 g/mol. The van der Waals surface area contributed by atoms with Crippen molar-refractivity contribution in [1.82, 2.24) is 25.0 Å². The van der Waals surface area contributed by atoms with Crippen molar-refractivity contribution in [2.75, 3.05) is 13.7 Å². The van der Waals surface area contributed by atoms with Gasteiger partial charge in [0.1, 0.15) is 5.75 Å². The molecule has 168 valence electrons. The normalized spacial score (nSPS) is 13.8. The van der Waals surface area contributed by atoms with E-state index in [9.17, 15) is 4.79 Å². The SMILES string of the molecule is COc1cccc(CN2CCc3c(c(C(=O)NCc4cccnc4)nn3CC(C)C)C2)c1. The summed E-state index contributed by atoms with van der Waals surface area (Å²) in [6.07, 6.45) is 4.38. The summed E-state index contributed by atoms with van der Waals surface area (Å²) in [4.78, 5) is 19.6. The maximum Gasteiger partial charge on any atom is 0.272 e. The first-order valence-electron chi connectivity index (χ1n) is 11.1. The minimum Gasteiger partial charge on any atom is -0.497 e. The van der Waals surface area contributed by atoms with E-state index in [1.807, 2.05) is 28.9 Å². The summed E-state index contributed by atoms with van der Waals surface area (Å²) in [7, 11) is 1.69. The molecule has 1 N–H and O–H groups in total. The van der Waals surface area contributed by atoms with Crippen LogP contribution < -0.4 is 10.1 Å². The zero-order chi connectivity index (χ0) is 22.5. The highest BCUT2D eigenvalue weighted by Gasteiger charge is 2.28. The molecule has 1 aliphatic heterocycles. The number of benzene rings is 1. The number of fused-ring (bicyclic) bond motifs is 1. The summed E-state index contributed by atoms with van der Waals surface area (Å²) >= 11 is 0. The molecular formula is C25H31N5O2. The summed E-state index contributed by atoms with van der Waals surface area (Å²) in [6, 6.07) is 12.0. The first-order chi connectivity index (χ1) is 15.5. The molecule has 1 aliphatic rings. The van der Waals surface area contributed by atoms with Gasteiger partial charge in [0, 0.05) is 62.8 Å². The average Bonchev–Trinajstić information content (AvgIpc) is 3.15. The van der Waals surface area contributed by atoms with Gasteiger partial charge in [-0.25, -0.2) is 0 Å². The Bertz CT molecular complexity index is 1060. The van der Waals surface area contributed by atoms with Crippen LogP contribution in [0.25, 0.3) is 0 Å². The standard InChI is InChI=1S/C25H31N5O2/c1-18(2)15-30-23-9-11-29(16-19-6-4-8-21(12-19)32-3)17-22(23)24(28-30)25(31)27-14-20-7-5-10-26-13-20/h4-8,10,12-13,18H,9,11,14-17H2,1-3H3,(H,27,31). The Balaban J connectivity index is 1.54.